The highest BCUT2D eigenvalue weighted by atomic mass is 32.2. The number of fused-ring (bicyclic) bond motifs is 1. The summed E-state index contributed by atoms with van der Waals surface area (Å²) in [5.41, 5.74) is 1.42. The zero-order valence-electron chi connectivity index (χ0n) is 18.9. The Hall–Kier alpha value is -3.85. The molecule has 0 radical (unpaired) electrons. The topological polar surface area (TPSA) is 98.1 Å². The van der Waals surface area contributed by atoms with Gasteiger partial charge in [0, 0.05) is 17.9 Å². The second kappa shape index (κ2) is 10.8. The van der Waals surface area contributed by atoms with Gasteiger partial charge in [-0.05, 0) is 54.1 Å². The molecule has 8 nitrogen and oxygen atoms in total. The number of thioether (sulfide) groups is 1. The number of hydrogen-bond donors (Lipinski definition) is 2. The molecule has 0 bridgehead atoms. The normalized spacial score (nSPS) is 10.8. The van der Waals surface area contributed by atoms with E-state index in [2.05, 4.69) is 20.8 Å². The number of carbonyl (C=O) groups is 2. The van der Waals surface area contributed by atoms with Crippen molar-refractivity contribution in [2.75, 3.05) is 23.5 Å². The van der Waals surface area contributed by atoms with E-state index in [1.54, 1.807) is 31.4 Å². The molecular formula is C25H25N5O3S. The van der Waals surface area contributed by atoms with Gasteiger partial charge in [0.15, 0.2) is 5.16 Å². The number of hydrogen-bond acceptors (Lipinski definition) is 6. The van der Waals surface area contributed by atoms with E-state index in [1.807, 2.05) is 54.0 Å². The number of carbonyl (C=O) groups excluding carboxylic acids is 2. The van der Waals surface area contributed by atoms with Crippen molar-refractivity contribution >= 4 is 45.7 Å². The van der Waals surface area contributed by atoms with Crippen LogP contribution in [-0.2, 0) is 22.6 Å². The summed E-state index contributed by atoms with van der Waals surface area (Å²) in [6.45, 7) is 2.54. The molecule has 34 heavy (non-hydrogen) atoms. The van der Waals surface area contributed by atoms with Crippen LogP contribution >= 0.6 is 11.8 Å². The second-order valence-electron chi connectivity index (χ2n) is 7.50. The van der Waals surface area contributed by atoms with Gasteiger partial charge in [0.05, 0.1) is 19.3 Å². The van der Waals surface area contributed by atoms with Gasteiger partial charge in [-0.2, -0.15) is 0 Å². The van der Waals surface area contributed by atoms with Gasteiger partial charge in [0.2, 0.25) is 11.8 Å². The zero-order chi connectivity index (χ0) is 23.9. The number of nitrogens with one attached hydrogen (secondary N) is 2. The molecule has 0 spiro atoms. The number of ether oxygens (including phenoxy) is 1. The first-order valence-electron chi connectivity index (χ1n) is 10.8. The quantitative estimate of drug-likeness (QED) is 0.349. The fourth-order valence-electron chi connectivity index (χ4n) is 3.49. The Kier molecular flexibility index (Phi) is 7.44. The summed E-state index contributed by atoms with van der Waals surface area (Å²) in [7, 11) is 1.59. The van der Waals surface area contributed by atoms with Crippen molar-refractivity contribution in [2.24, 2.45) is 0 Å². The van der Waals surface area contributed by atoms with E-state index in [9.17, 15) is 9.59 Å². The first kappa shape index (κ1) is 23.3. The molecule has 1 heterocycles. The minimum absolute atomic E-state index is 0.0801. The van der Waals surface area contributed by atoms with Crippen molar-refractivity contribution in [3.63, 3.8) is 0 Å². The lowest BCUT2D eigenvalue weighted by molar-refractivity contribution is -0.116. The zero-order valence-corrected chi connectivity index (χ0v) is 19.8. The van der Waals surface area contributed by atoms with Gasteiger partial charge in [0.25, 0.3) is 0 Å². The highest BCUT2D eigenvalue weighted by molar-refractivity contribution is 7.99. The van der Waals surface area contributed by atoms with Crippen molar-refractivity contribution in [3.8, 4) is 5.75 Å². The summed E-state index contributed by atoms with van der Waals surface area (Å²) in [4.78, 5) is 25.0. The Morgan fingerprint density at radius 3 is 2.35 bits per heavy atom. The van der Waals surface area contributed by atoms with Crippen LogP contribution in [0.4, 0.5) is 11.4 Å². The van der Waals surface area contributed by atoms with Crippen LogP contribution in [0, 0.1) is 0 Å². The minimum Gasteiger partial charge on any atom is -0.497 e. The SMILES string of the molecule is CCn1c(CC(=O)Nc2ccc(OC)cc2)nnc1SCC(=O)Nc1ccc2ccccc2c1. The molecule has 0 fully saturated rings. The third-order valence-electron chi connectivity index (χ3n) is 5.17. The van der Waals surface area contributed by atoms with E-state index in [0.29, 0.717) is 23.2 Å². The number of amides is 2. The number of rotatable bonds is 9. The highest BCUT2D eigenvalue weighted by Gasteiger charge is 2.16. The van der Waals surface area contributed by atoms with Gasteiger partial charge in [-0.25, -0.2) is 0 Å². The van der Waals surface area contributed by atoms with Crippen molar-refractivity contribution in [1.29, 1.82) is 0 Å². The summed E-state index contributed by atoms with van der Waals surface area (Å²) in [5.74, 6) is 1.12. The van der Waals surface area contributed by atoms with E-state index in [1.165, 1.54) is 11.8 Å². The monoisotopic (exact) mass is 475 g/mol. The molecule has 2 amide bonds. The third kappa shape index (κ3) is 5.74. The van der Waals surface area contributed by atoms with Crippen molar-refractivity contribution in [2.45, 2.75) is 25.0 Å². The van der Waals surface area contributed by atoms with Gasteiger partial charge < -0.3 is 19.9 Å². The molecule has 4 aromatic rings. The van der Waals surface area contributed by atoms with E-state index in [0.717, 1.165) is 22.2 Å². The average Bonchev–Trinajstić information content (AvgIpc) is 3.24. The number of anilines is 2. The standard InChI is InChI=1S/C25H25N5O3S/c1-3-30-22(15-23(31)26-19-10-12-21(33-2)13-11-19)28-29-25(30)34-16-24(32)27-20-9-8-17-6-4-5-7-18(17)14-20/h4-14H,3,15-16H2,1-2H3,(H,26,31)(H,27,32). The molecule has 0 atom stereocenters. The van der Waals surface area contributed by atoms with Crippen molar-refractivity contribution in [1.82, 2.24) is 14.8 Å². The van der Waals surface area contributed by atoms with E-state index >= 15 is 0 Å². The number of nitrogens with zero attached hydrogens (tertiary/aromatic N) is 3. The molecule has 1 aromatic heterocycles. The summed E-state index contributed by atoms with van der Waals surface area (Å²) in [6, 6.07) is 20.9. The largest absolute Gasteiger partial charge is 0.497 e. The third-order valence-corrected chi connectivity index (χ3v) is 6.13. The molecule has 0 aliphatic rings. The molecule has 0 saturated carbocycles. The van der Waals surface area contributed by atoms with E-state index < -0.39 is 0 Å². The van der Waals surface area contributed by atoms with Crippen LogP contribution in [0.1, 0.15) is 12.7 Å². The van der Waals surface area contributed by atoms with E-state index in [4.69, 9.17) is 4.74 Å². The smallest absolute Gasteiger partial charge is 0.234 e. The number of benzene rings is 3. The van der Waals surface area contributed by atoms with Crippen LogP contribution in [0.25, 0.3) is 10.8 Å². The molecule has 3 aromatic carbocycles. The lowest BCUT2D eigenvalue weighted by Crippen LogP contribution is -2.18. The first-order chi connectivity index (χ1) is 16.6. The van der Waals surface area contributed by atoms with Crippen LogP contribution in [0.5, 0.6) is 5.75 Å². The molecule has 2 N–H and O–H groups in total. The van der Waals surface area contributed by atoms with Crippen LogP contribution in [0.2, 0.25) is 0 Å². The fraction of sp³-hybridized carbons (Fsp3) is 0.200. The Morgan fingerprint density at radius 1 is 0.912 bits per heavy atom. The first-order valence-corrected chi connectivity index (χ1v) is 11.8. The van der Waals surface area contributed by atoms with Gasteiger partial charge in [-0.1, -0.05) is 42.1 Å². The van der Waals surface area contributed by atoms with Crippen molar-refractivity contribution in [3.05, 3.63) is 72.6 Å². The maximum Gasteiger partial charge on any atom is 0.234 e. The van der Waals surface area contributed by atoms with Crippen LogP contribution in [-0.4, -0.2) is 39.4 Å². The maximum absolute atomic E-state index is 12.5. The van der Waals surface area contributed by atoms with Crippen LogP contribution in [0.3, 0.4) is 0 Å². The number of methoxy groups -OCH3 is 1. The molecule has 0 saturated heterocycles. The lowest BCUT2D eigenvalue weighted by Gasteiger charge is -2.09. The van der Waals surface area contributed by atoms with Gasteiger partial charge in [0.1, 0.15) is 11.6 Å². The molecule has 0 aliphatic heterocycles. The summed E-state index contributed by atoms with van der Waals surface area (Å²) in [5, 5.41) is 16.9. The lowest BCUT2D eigenvalue weighted by atomic mass is 10.1. The fourth-order valence-corrected chi connectivity index (χ4v) is 4.31. The van der Waals surface area contributed by atoms with Crippen molar-refractivity contribution < 1.29 is 14.3 Å². The summed E-state index contributed by atoms with van der Waals surface area (Å²) < 4.78 is 6.98. The Morgan fingerprint density at radius 2 is 1.62 bits per heavy atom. The van der Waals surface area contributed by atoms with E-state index in [-0.39, 0.29) is 24.0 Å². The molecule has 9 heteroatoms. The maximum atomic E-state index is 12.5. The Bertz CT molecular complexity index is 1300. The predicted molar refractivity (Wildman–Crippen MR) is 134 cm³/mol. The molecule has 0 unspecified atom stereocenters. The average molecular weight is 476 g/mol. The minimum atomic E-state index is -0.196. The summed E-state index contributed by atoms with van der Waals surface area (Å²) in [6.07, 6.45) is 0.0801. The molecule has 0 aliphatic carbocycles. The van der Waals surface area contributed by atoms with Gasteiger partial charge in [-0.15, -0.1) is 10.2 Å². The Labute approximate surface area is 201 Å². The molecular weight excluding hydrogens is 450 g/mol. The van der Waals surface area contributed by atoms with Gasteiger partial charge in [-0.3, -0.25) is 9.59 Å². The number of aromatic nitrogens is 3. The second-order valence-corrected chi connectivity index (χ2v) is 8.44. The van der Waals surface area contributed by atoms with Gasteiger partial charge >= 0.3 is 0 Å². The van der Waals surface area contributed by atoms with Crippen LogP contribution in [0.15, 0.2) is 71.9 Å². The molecule has 174 valence electrons. The van der Waals surface area contributed by atoms with Crippen LogP contribution < -0.4 is 15.4 Å². The predicted octanol–water partition coefficient (Wildman–Crippen LogP) is 4.37. The summed E-state index contributed by atoms with van der Waals surface area (Å²) >= 11 is 1.29. The highest BCUT2D eigenvalue weighted by Crippen LogP contribution is 2.21. The Balaban J connectivity index is 1.33. The molecule has 4 rings (SSSR count).